The Morgan fingerprint density at radius 2 is 1.86 bits per heavy atom. The maximum atomic E-state index is 13.3. The van der Waals surface area contributed by atoms with Crippen molar-refractivity contribution in [3.05, 3.63) is 41.9 Å². The van der Waals surface area contributed by atoms with E-state index >= 15 is 0 Å². The molecule has 0 aliphatic carbocycles. The van der Waals surface area contributed by atoms with Gasteiger partial charge in [-0.1, -0.05) is 0 Å². The summed E-state index contributed by atoms with van der Waals surface area (Å²) < 4.78 is 45.3. The number of carbonyl (C=O) groups is 1. The van der Waals surface area contributed by atoms with Gasteiger partial charge in [0.15, 0.2) is 21.3 Å². The molecule has 1 fully saturated rings. The normalized spacial score (nSPS) is 17.9. The number of sulfone groups is 1. The maximum Gasteiger partial charge on any atom is 0.254 e. The van der Waals surface area contributed by atoms with Crippen molar-refractivity contribution in [1.29, 1.82) is 0 Å². The van der Waals surface area contributed by atoms with Crippen LogP contribution in [0.2, 0.25) is 0 Å². The Morgan fingerprint density at radius 3 is 2.32 bits per heavy atom. The van der Waals surface area contributed by atoms with Crippen LogP contribution in [0.5, 0.6) is 17.2 Å². The van der Waals surface area contributed by atoms with Gasteiger partial charge in [-0.15, -0.1) is 0 Å². The lowest BCUT2D eigenvalue weighted by Gasteiger charge is -2.28. The lowest BCUT2D eigenvalue weighted by Crippen LogP contribution is -2.40. The first-order valence-electron chi connectivity index (χ1n) is 8.72. The summed E-state index contributed by atoms with van der Waals surface area (Å²) in [5, 5.41) is 0. The number of amides is 1. The van der Waals surface area contributed by atoms with Gasteiger partial charge in [0.25, 0.3) is 5.91 Å². The number of hydrogen-bond acceptors (Lipinski definition) is 7. The average Bonchev–Trinajstić information content (AvgIpc) is 3.33. The highest BCUT2D eigenvalue weighted by Crippen LogP contribution is 2.39. The largest absolute Gasteiger partial charge is 0.493 e. The van der Waals surface area contributed by atoms with E-state index in [1.54, 1.807) is 24.3 Å². The molecule has 1 amide bonds. The zero-order valence-electron chi connectivity index (χ0n) is 16.0. The number of methoxy groups -OCH3 is 3. The second-order valence-electron chi connectivity index (χ2n) is 6.48. The first-order chi connectivity index (χ1) is 13.4. The number of nitrogens with zero attached hydrogens (tertiary/aromatic N) is 1. The van der Waals surface area contributed by atoms with E-state index in [0.717, 1.165) is 0 Å². The van der Waals surface area contributed by atoms with Gasteiger partial charge in [-0.25, -0.2) is 8.42 Å². The minimum Gasteiger partial charge on any atom is -0.493 e. The van der Waals surface area contributed by atoms with E-state index in [0.29, 0.717) is 35.0 Å². The molecule has 1 atom stereocenters. The van der Waals surface area contributed by atoms with Gasteiger partial charge in [-0.2, -0.15) is 0 Å². The summed E-state index contributed by atoms with van der Waals surface area (Å²) in [6.45, 7) is 0.169. The van der Waals surface area contributed by atoms with Gasteiger partial charge in [-0.3, -0.25) is 4.79 Å². The molecule has 9 heteroatoms. The number of rotatable bonds is 7. The van der Waals surface area contributed by atoms with Crippen molar-refractivity contribution in [2.45, 2.75) is 19.0 Å². The van der Waals surface area contributed by atoms with Crippen LogP contribution in [0.4, 0.5) is 0 Å². The highest BCUT2D eigenvalue weighted by atomic mass is 32.2. The molecule has 1 aromatic carbocycles. The molecule has 1 aliphatic rings. The molecular weight excluding hydrogens is 386 g/mol. The highest BCUT2D eigenvalue weighted by molar-refractivity contribution is 7.91. The first-order valence-corrected chi connectivity index (χ1v) is 10.5. The summed E-state index contributed by atoms with van der Waals surface area (Å²) in [5.41, 5.74) is 0.311. The number of furan rings is 1. The third-order valence-electron chi connectivity index (χ3n) is 4.73. The fourth-order valence-electron chi connectivity index (χ4n) is 3.33. The van der Waals surface area contributed by atoms with Crippen LogP contribution in [0.25, 0.3) is 0 Å². The van der Waals surface area contributed by atoms with Gasteiger partial charge in [0, 0.05) is 11.6 Å². The maximum absolute atomic E-state index is 13.3. The predicted molar refractivity (Wildman–Crippen MR) is 102 cm³/mol. The number of carbonyl (C=O) groups excluding carboxylic acids is 1. The van der Waals surface area contributed by atoms with Gasteiger partial charge >= 0.3 is 0 Å². The molecule has 0 bridgehead atoms. The molecule has 0 spiro atoms. The highest BCUT2D eigenvalue weighted by Gasteiger charge is 2.36. The van der Waals surface area contributed by atoms with Crippen molar-refractivity contribution in [3.63, 3.8) is 0 Å². The Hall–Kier alpha value is -2.68. The zero-order chi connectivity index (χ0) is 20.3. The standard InChI is InChI=1S/C19H23NO7S/c1-24-16-9-13(10-17(25-2)18(16)26-3)19(21)20(11-15-5-4-7-27-15)14-6-8-28(22,23)12-14/h4-5,7,9-10,14H,6,8,11-12H2,1-3H3. The molecule has 0 radical (unpaired) electrons. The Labute approximate surface area is 163 Å². The van der Waals surface area contributed by atoms with Gasteiger partial charge in [0.2, 0.25) is 5.75 Å². The summed E-state index contributed by atoms with van der Waals surface area (Å²) >= 11 is 0. The number of benzene rings is 1. The van der Waals surface area contributed by atoms with Crippen molar-refractivity contribution < 1.29 is 31.8 Å². The van der Waals surface area contributed by atoms with Crippen molar-refractivity contribution in [3.8, 4) is 17.2 Å². The van der Waals surface area contributed by atoms with Gasteiger partial charge in [0.05, 0.1) is 45.6 Å². The molecule has 3 rings (SSSR count). The summed E-state index contributed by atoms with van der Waals surface area (Å²) in [7, 11) is 1.25. The monoisotopic (exact) mass is 409 g/mol. The number of ether oxygens (including phenoxy) is 3. The Bertz CT molecular complexity index is 912. The Kier molecular flexibility index (Phi) is 5.83. The molecule has 0 N–H and O–H groups in total. The SMILES string of the molecule is COc1cc(C(=O)N(Cc2ccco2)C2CCS(=O)(=O)C2)cc(OC)c1OC. The third-order valence-corrected chi connectivity index (χ3v) is 6.48. The van der Waals surface area contributed by atoms with Crippen molar-refractivity contribution in [1.82, 2.24) is 4.90 Å². The van der Waals surface area contributed by atoms with Crippen LogP contribution in [-0.4, -0.2) is 58.1 Å². The van der Waals surface area contributed by atoms with Crippen LogP contribution in [-0.2, 0) is 16.4 Å². The second kappa shape index (κ2) is 8.14. The van der Waals surface area contributed by atoms with Crippen molar-refractivity contribution in [2.24, 2.45) is 0 Å². The average molecular weight is 409 g/mol. The molecule has 28 heavy (non-hydrogen) atoms. The minimum atomic E-state index is -3.17. The molecule has 8 nitrogen and oxygen atoms in total. The zero-order valence-corrected chi connectivity index (χ0v) is 16.8. The van der Waals surface area contributed by atoms with E-state index < -0.39 is 15.9 Å². The minimum absolute atomic E-state index is 0.0643. The summed E-state index contributed by atoms with van der Waals surface area (Å²) in [6.07, 6.45) is 1.90. The number of hydrogen-bond donors (Lipinski definition) is 0. The fourth-order valence-corrected chi connectivity index (χ4v) is 5.06. The summed E-state index contributed by atoms with van der Waals surface area (Å²) in [5.74, 6) is 1.31. The van der Waals surface area contributed by atoms with Gasteiger partial charge in [0.1, 0.15) is 5.76 Å². The van der Waals surface area contributed by atoms with E-state index in [4.69, 9.17) is 18.6 Å². The predicted octanol–water partition coefficient (Wildman–Crippen LogP) is 2.13. The topological polar surface area (TPSA) is 95.3 Å². The molecule has 1 aromatic heterocycles. The van der Waals surface area contributed by atoms with Crippen molar-refractivity contribution in [2.75, 3.05) is 32.8 Å². The van der Waals surface area contributed by atoms with Crippen LogP contribution in [0.3, 0.4) is 0 Å². The lowest BCUT2D eigenvalue weighted by molar-refractivity contribution is 0.0665. The lowest BCUT2D eigenvalue weighted by atomic mass is 10.1. The van der Waals surface area contributed by atoms with Crippen LogP contribution in [0.1, 0.15) is 22.5 Å². The molecule has 1 saturated heterocycles. The smallest absolute Gasteiger partial charge is 0.254 e. The summed E-state index contributed by atoms with van der Waals surface area (Å²) in [4.78, 5) is 14.9. The molecule has 1 aliphatic heterocycles. The van der Waals surface area contributed by atoms with Crippen LogP contribution in [0, 0.1) is 0 Å². The van der Waals surface area contributed by atoms with Crippen LogP contribution >= 0.6 is 0 Å². The molecular formula is C19H23NO7S. The van der Waals surface area contributed by atoms with E-state index in [1.165, 1.54) is 32.5 Å². The Morgan fingerprint density at radius 1 is 1.18 bits per heavy atom. The molecule has 2 aromatic rings. The first kappa shape index (κ1) is 20.1. The molecule has 0 saturated carbocycles. The molecule has 1 unspecified atom stereocenters. The van der Waals surface area contributed by atoms with E-state index in [2.05, 4.69) is 0 Å². The van der Waals surface area contributed by atoms with E-state index in [1.807, 2.05) is 0 Å². The molecule has 2 heterocycles. The second-order valence-corrected chi connectivity index (χ2v) is 8.71. The van der Waals surface area contributed by atoms with E-state index in [-0.39, 0.29) is 24.0 Å². The quantitative estimate of drug-likeness (QED) is 0.691. The molecule has 152 valence electrons. The summed E-state index contributed by atoms with van der Waals surface area (Å²) in [6, 6.07) is 6.16. The van der Waals surface area contributed by atoms with Gasteiger partial charge < -0.3 is 23.5 Å². The van der Waals surface area contributed by atoms with E-state index in [9.17, 15) is 13.2 Å². The van der Waals surface area contributed by atoms with Crippen LogP contribution in [0.15, 0.2) is 34.9 Å². The van der Waals surface area contributed by atoms with Gasteiger partial charge in [-0.05, 0) is 30.7 Å². The fraction of sp³-hybridized carbons (Fsp3) is 0.421. The Balaban J connectivity index is 1.99. The van der Waals surface area contributed by atoms with Crippen LogP contribution < -0.4 is 14.2 Å². The third kappa shape index (κ3) is 4.09. The van der Waals surface area contributed by atoms with Crippen molar-refractivity contribution >= 4 is 15.7 Å².